The molecule has 0 saturated carbocycles. The highest BCUT2D eigenvalue weighted by molar-refractivity contribution is 6.51. The molecule has 5 nitrogen and oxygen atoms in total. The minimum atomic E-state index is -0.911. The van der Waals surface area contributed by atoms with Crippen molar-refractivity contribution in [2.45, 2.75) is 6.42 Å². The standard InChI is InChI=1S/C12H9NO4/c14-10(15)3-1-2-7-4-5-8-9(6-7)13-12(17)11(8)16/h1-2,4-6H,3H2,(H,14,15)(H,13,16,17). The number of carbonyl (C=O) groups is 3. The maximum absolute atomic E-state index is 11.3. The van der Waals surface area contributed by atoms with Gasteiger partial charge in [-0.25, -0.2) is 0 Å². The molecule has 0 atom stereocenters. The lowest BCUT2D eigenvalue weighted by atomic mass is 10.1. The van der Waals surface area contributed by atoms with Crippen LogP contribution in [0.25, 0.3) is 6.08 Å². The molecule has 1 heterocycles. The van der Waals surface area contributed by atoms with E-state index in [9.17, 15) is 14.4 Å². The van der Waals surface area contributed by atoms with Gasteiger partial charge in [0.1, 0.15) is 0 Å². The lowest BCUT2D eigenvalue weighted by Crippen LogP contribution is -2.12. The number of aliphatic carboxylic acids is 1. The Balaban J connectivity index is 2.22. The summed E-state index contributed by atoms with van der Waals surface area (Å²) in [7, 11) is 0. The van der Waals surface area contributed by atoms with E-state index >= 15 is 0 Å². The summed E-state index contributed by atoms with van der Waals surface area (Å²) in [5, 5.41) is 10.9. The Kier molecular flexibility index (Phi) is 2.74. The van der Waals surface area contributed by atoms with Crippen molar-refractivity contribution in [2.24, 2.45) is 0 Å². The highest BCUT2D eigenvalue weighted by Gasteiger charge is 2.27. The van der Waals surface area contributed by atoms with Gasteiger partial charge >= 0.3 is 5.97 Å². The molecule has 2 rings (SSSR count). The number of carboxylic acid groups (broad SMARTS) is 1. The Morgan fingerprint density at radius 3 is 2.82 bits per heavy atom. The van der Waals surface area contributed by atoms with Crippen LogP contribution in [-0.4, -0.2) is 22.8 Å². The average molecular weight is 231 g/mol. The minimum Gasteiger partial charge on any atom is -0.481 e. The van der Waals surface area contributed by atoms with Crippen molar-refractivity contribution in [3.63, 3.8) is 0 Å². The number of hydrogen-bond donors (Lipinski definition) is 2. The van der Waals surface area contributed by atoms with Gasteiger partial charge in [-0.1, -0.05) is 18.2 Å². The summed E-state index contributed by atoms with van der Waals surface area (Å²) >= 11 is 0. The van der Waals surface area contributed by atoms with E-state index in [1.165, 1.54) is 6.08 Å². The summed E-state index contributed by atoms with van der Waals surface area (Å²) in [6.07, 6.45) is 3.06. The number of amides is 1. The Labute approximate surface area is 96.8 Å². The molecule has 5 heteroatoms. The van der Waals surface area contributed by atoms with E-state index in [2.05, 4.69) is 5.32 Å². The molecule has 0 spiro atoms. The number of ketones is 1. The summed E-state index contributed by atoms with van der Waals surface area (Å²) in [4.78, 5) is 32.7. The number of Topliss-reactive ketones (excluding diaryl/α,β-unsaturated/α-hetero) is 1. The molecular formula is C12H9NO4. The Hall–Kier alpha value is -2.43. The van der Waals surface area contributed by atoms with E-state index in [0.29, 0.717) is 11.3 Å². The molecule has 0 aromatic heterocycles. The summed E-state index contributed by atoms with van der Waals surface area (Å²) < 4.78 is 0. The molecule has 2 N–H and O–H groups in total. The zero-order valence-corrected chi connectivity index (χ0v) is 8.77. The number of carbonyl (C=O) groups excluding carboxylic acids is 2. The van der Waals surface area contributed by atoms with Crippen LogP contribution in [0.5, 0.6) is 0 Å². The number of anilines is 1. The molecule has 0 aliphatic carbocycles. The smallest absolute Gasteiger partial charge is 0.307 e. The molecule has 0 saturated heterocycles. The van der Waals surface area contributed by atoms with E-state index in [0.717, 1.165) is 5.56 Å². The number of fused-ring (bicyclic) bond motifs is 1. The van der Waals surface area contributed by atoms with Gasteiger partial charge in [0.25, 0.3) is 11.7 Å². The SMILES string of the molecule is O=C(O)CC=Cc1ccc2c(c1)NC(=O)C2=O. The number of carboxylic acids is 1. The predicted molar refractivity (Wildman–Crippen MR) is 60.7 cm³/mol. The van der Waals surface area contributed by atoms with E-state index < -0.39 is 17.7 Å². The van der Waals surface area contributed by atoms with E-state index in [1.807, 2.05) is 0 Å². The molecule has 0 unspecified atom stereocenters. The van der Waals surface area contributed by atoms with Crippen LogP contribution in [0.2, 0.25) is 0 Å². The van der Waals surface area contributed by atoms with Crippen molar-refractivity contribution in [3.8, 4) is 0 Å². The first kappa shape index (κ1) is 11.1. The lowest BCUT2D eigenvalue weighted by Gasteiger charge is -1.98. The second-order valence-corrected chi connectivity index (χ2v) is 3.59. The maximum Gasteiger partial charge on any atom is 0.307 e. The molecule has 1 aliphatic heterocycles. The molecular weight excluding hydrogens is 222 g/mol. The average Bonchev–Trinajstić information content (AvgIpc) is 2.54. The molecule has 1 aromatic carbocycles. The van der Waals surface area contributed by atoms with Crippen LogP contribution in [0.4, 0.5) is 5.69 Å². The molecule has 0 radical (unpaired) electrons. The lowest BCUT2D eigenvalue weighted by molar-refractivity contribution is -0.136. The van der Waals surface area contributed by atoms with E-state index in [4.69, 9.17) is 5.11 Å². The third kappa shape index (κ3) is 2.23. The number of rotatable bonds is 3. The maximum atomic E-state index is 11.3. The van der Waals surface area contributed by atoms with Gasteiger partial charge in [0.2, 0.25) is 0 Å². The first-order chi connectivity index (χ1) is 8.08. The van der Waals surface area contributed by atoms with Crippen molar-refractivity contribution in [1.29, 1.82) is 0 Å². The van der Waals surface area contributed by atoms with Crippen LogP contribution in [0.1, 0.15) is 22.3 Å². The summed E-state index contributed by atoms with van der Waals surface area (Å²) in [6, 6.07) is 4.85. The predicted octanol–water partition coefficient (Wildman–Crippen LogP) is 1.31. The molecule has 86 valence electrons. The van der Waals surface area contributed by atoms with E-state index in [-0.39, 0.29) is 6.42 Å². The summed E-state index contributed by atoms with van der Waals surface area (Å²) in [5.74, 6) is -2.08. The fourth-order valence-corrected chi connectivity index (χ4v) is 1.56. The van der Waals surface area contributed by atoms with Gasteiger partial charge in [-0.15, -0.1) is 0 Å². The summed E-state index contributed by atoms with van der Waals surface area (Å²) in [6.45, 7) is 0. The Morgan fingerprint density at radius 1 is 1.35 bits per heavy atom. The zero-order chi connectivity index (χ0) is 12.4. The monoisotopic (exact) mass is 231 g/mol. The summed E-state index contributed by atoms with van der Waals surface area (Å²) in [5.41, 5.74) is 1.56. The van der Waals surface area contributed by atoms with Crippen LogP contribution < -0.4 is 5.32 Å². The van der Waals surface area contributed by atoms with Crippen molar-refractivity contribution in [1.82, 2.24) is 0 Å². The highest BCUT2D eigenvalue weighted by atomic mass is 16.4. The molecule has 1 aliphatic rings. The number of hydrogen-bond acceptors (Lipinski definition) is 3. The Bertz CT molecular complexity index is 545. The van der Waals surface area contributed by atoms with E-state index in [1.54, 1.807) is 24.3 Å². The molecule has 1 aromatic rings. The minimum absolute atomic E-state index is 0.0671. The van der Waals surface area contributed by atoms with Crippen molar-refractivity contribution in [2.75, 3.05) is 5.32 Å². The Morgan fingerprint density at radius 2 is 2.12 bits per heavy atom. The quantitative estimate of drug-likeness (QED) is 0.768. The molecule has 1 amide bonds. The van der Waals surface area contributed by atoms with Gasteiger partial charge in [0, 0.05) is 0 Å². The second-order valence-electron chi connectivity index (χ2n) is 3.59. The topological polar surface area (TPSA) is 83.5 Å². The van der Waals surface area contributed by atoms with Crippen LogP contribution in [-0.2, 0) is 9.59 Å². The van der Waals surface area contributed by atoms with Crippen molar-refractivity contribution in [3.05, 3.63) is 35.4 Å². The van der Waals surface area contributed by atoms with Gasteiger partial charge < -0.3 is 10.4 Å². The zero-order valence-electron chi connectivity index (χ0n) is 8.77. The highest BCUT2D eigenvalue weighted by Crippen LogP contribution is 2.24. The van der Waals surface area contributed by atoms with Gasteiger partial charge in [-0.05, 0) is 17.7 Å². The van der Waals surface area contributed by atoms with Crippen molar-refractivity contribution >= 4 is 29.4 Å². The van der Waals surface area contributed by atoms with Gasteiger partial charge in [-0.3, -0.25) is 14.4 Å². The fraction of sp³-hybridized carbons (Fsp3) is 0.0833. The van der Waals surface area contributed by atoms with Gasteiger partial charge in [0.05, 0.1) is 17.7 Å². The van der Waals surface area contributed by atoms with Crippen LogP contribution in [0.3, 0.4) is 0 Å². The number of benzene rings is 1. The van der Waals surface area contributed by atoms with Crippen LogP contribution in [0.15, 0.2) is 24.3 Å². The van der Waals surface area contributed by atoms with Crippen LogP contribution >= 0.6 is 0 Å². The third-order valence-corrected chi connectivity index (χ3v) is 2.35. The first-order valence-corrected chi connectivity index (χ1v) is 4.96. The van der Waals surface area contributed by atoms with Crippen LogP contribution in [0, 0.1) is 0 Å². The van der Waals surface area contributed by atoms with Crippen molar-refractivity contribution < 1.29 is 19.5 Å². The normalized spacial score (nSPS) is 13.9. The fourth-order valence-electron chi connectivity index (χ4n) is 1.56. The molecule has 0 fully saturated rings. The third-order valence-electron chi connectivity index (χ3n) is 2.35. The van der Waals surface area contributed by atoms with Gasteiger partial charge in [0.15, 0.2) is 0 Å². The second kappa shape index (κ2) is 4.21. The number of nitrogens with one attached hydrogen (secondary N) is 1. The largest absolute Gasteiger partial charge is 0.481 e. The first-order valence-electron chi connectivity index (χ1n) is 4.96. The van der Waals surface area contributed by atoms with Gasteiger partial charge in [-0.2, -0.15) is 0 Å². The molecule has 17 heavy (non-hydrogen) atoms. The molecule has 0 bridgehead atoms.